The molecule has 0 N–H and O–H groups in total. The Kier molecular flexibility index (Phi) is 4.57. The van der Waals surface area contributed by atoms with Crippen LogP contribution in [0.25, 0.3) is 0 Å². The Labute approximate surface area is 110 Å². The average molecular weight is 298 g/mol. The van der Waals surface area contributed by atoms with E-state index in [1.54, 1.807) is 0 Å². The molecule has 0 aromatic heterocycles. The zero-order valence-corrected chi connectivity index (χ0v) is 11.3. The van der Waals surface area contributed by atoms with Crippen molar-refractivity contribution in [1.29, 1.82) is 0 Å². The summed E-state index contributed by atoms with van der Waals surface area (Å²) in [6.07, 6.45) is 1.72. The third kappa shape index (κ3) is 4.13. The van der Waals surface area contributed by atoms with Crippen LogP contribution < -0.4 is 4.74 Å². The van der Waals surface area contributed by atoms with Crippen molar-refractivity contribution in [1.82, 2.24) is 4.90 Å². The summed E-state index contributed by atoms with van der Waals surface area (Å²) in [6, 6.07) is 7.79. The summed E-state index contributed by atoms with van der Waals surface area (Å²) < 4.78 is 6.67. The maximum atomic E-state index is 11.3. The van der Waals surface area contributed by atoms with E-state index >= 15 is 0 Å². The van der Waals surface area contributed by atoms with E-state index in [2.05, 4.69) is 20.8 Å². The Morgan fingerprint density at radius 2 is 2.06 bits per heavy atom. The van der Waals surface area contributed by atoms with Crippen molar-refractivity contribution in [3.8, 4) is 5.75 Å². The molecule has 92 valence electrons. The first kappa shape index (κ1) is 12.6. The first-order valence-corrected chi connectivity index (χ1v) is 6.66. The molecule has 4 heteroatoms. The van der Waals surface area contributed by atoms with Gasteiger partial charge in [-0.05, 0) is 37.2 Å². The van der Waals surface area contributed by atoms with E-state index in [0.717, 1.165) is 36.2 Å². The molecular formula is C13H16BrNO2. The van der Waals surface area contributed by atoms with Crippen molar-refractivity contribution in [2.24, 2.45) is 0 Å². The van der Waals surface area contributed by atoms with Crippen LogP contribution in [0.1, 0.15) is 12.8 Å². The first-order chi connectivity index (χ1) is 8.24. The largest absolute Gasteiger partial charge is 0.492 e. The van der Waals surface area contributed by atoms with Gasteiger partial charge in [0.05, 0.1) is 6.54 Å². The lowest BCUT2D eigenvalue weighted by Gasteiger charge is -2.25. The number of piperidine rings is 1. The first-order valence-electron chi connectivity index (χ1n) is 5.86. The van der Waals surface area contributed by atoms with Gasteiger partial charge in [0.2, 0.25) is 0 Å². The van der Waals surface area contributed by atoms with Crippen molar-refractivity contribution in [3.05, 3.63) is 28.7 Å². The van der Waals surface area contributed by atoms with E-state index in [4.69, 9.17) is 4.74 Å². The number of hydrogen-bond donors (Lipinski definition) is 0. The van der Waals surface area contributed by atoms with Gasteiger partial charge in [-0.15, -0.1) is 0 Å². The SMILES string of the molecule is O=C1CCCN(CCOc2ccc(Br)cc2)C1. The lowest BCUT2D eigenvalue weighted by molar-refractivity contribution is -0.122. The minimum absolute atomic E-state index is 0.347. The number of nitrogens with zero attached hydrogens (tertiary/aromatic N) is 1. The van der Waals surface area contributed by atoms with E-state index < -0.39 is 0 Å². The van der Waals surface area contributed by atoms with Crippen LogP contribution in [0.4, 0.5) is 0 Å². The molecule has 1 fully saturated rings. The van der Waals surface area contributed by atoms with Crippen molar-refractivity contribution < 1.29 is 9.53 Å². The summed E-state index contributed by atoms with van der Waals surface area (Å²) in [5.74, 6) is 1.22. The second-order valence-corrected chi connectivity index (χ2v) is 5.14. The Bertz CT molecular complexity index is 378. The maximum Gasteiger partial charge on any atom is 0.146 e. The number of ether oxygens (including phenoxy) is 1. The lowest BCUT2D eigenvalue weighted by atomic mass is 10.1. The highest BCUT2D eigenvalue weighted by Gasteiger charge is 2.15. The summed E-state index contributed by atoms with van der Waals surface area (Å²) in [5.41, 5.74) is 0. The normalized spacial score (nSPS) is 17.1. The molecule has 3 nitrogen and oxygen atoms in total. The van der Waals surface area contributed by atoms with Gasteiger partial charge in [0, 0.05) is 17.4 Å². The minimum Gasteiger partial charge on any atom is -0.492 e. The molecule has 0 aliphatic carbocycles. The molecule has 1 aliphatic heterocycles. The third-order valence-corrected chi connectivity index (χ3v) is 3.35. The highest BCUT2D eigenvalue weighted by atomic mass is 79.9. The summed E-state index contributed by atoms with van der Waals surface area (Å²) in [4.78, 5) is 13.4. The second-order valence-electron chi connectivity index (χ2n) is 4.22. The number of benzene rings is 1. The maximum absolute atomic E-state index is 11.3. The monoisotopic (exact) mass is 297 g/mol. The molecular weight excluding hydrogens is 282 g/mol. The number of halogens is 1. The van der Waals surface area contributed by atoms with Gasteiger partial charge in [-0.25, -0.2) is 0 Å². The molecule has 1 saturated heterocycles. The van der Waals surface area contributed by atoms with Crippen LogP contribution in [0.3, 0.4) is 0 Å². The van der Waals surface area contributed by atoms with Crippen LogP contribution in [0.15, 0.2) is 28.7 Å². The number of carbonyl (C=O) groups excluding carboxylic acids is 1. The van der Waals surface area contributed by atoms with Gasteiger partial charge in [-0.3, -0.25) is 9.69 Å². The van der Waals surface area contributed by atoms with E-state index in [0.29, 0.717) is 18.9 Å². The molecule has 0 atom stereocenters. The molecule has 0 amide bonds. The Morgan fingerprint density at radius 3 is 2.76 bits per heavy atom. The van der Waals surface area contributed by atoms with E-state index in [1.807, 2.05) is 24.3 Å². The molecule has 0 saturated carbocycles. The fourth-order valence-electron chi connectivity index (χ4n) is 1.92. The number of carbonyl (C=O) groups is 1. The number of hydrogen-bond acceptors (Lipinski definition) is 3. The van der Waals surface area contributed by atoms with Gasteiger partial charge >= 0.3 is 0 Å². The van der Waals surface area contributed by atoms with Gasteiger partial charge in [0.25, 0.3) is 0 Å². The van der Waals surface area contributed by atoms with Crippen molar-refractivity contribution in [3.63, 3.8) is 0 Å². The average Bonchev–Trinajstić information content (AvgIpc) is 2.32. The standard InChI is InChI=1S/C13H16BrNO2/c14-11-3-5-13(6-4-11)17-9-8-15-7-1-2-12(16)10-15/h3-6H,1-2,7-10H2. The fourth-order valence-corrected chi connectivity index (χ4v) is 2.19. The van der Waals surface area contributed by atoms with Gasteiger partial charge < -0.3 is 4.74 Å². The summed E-state index contributed by atoms with van der Waals surface area (Å²) in [5, 5.41) is 0. The fraction of sp³-hybridized carbons (Fsp3) is 0.462. The molecule has 1 heterocycles. The predicted octanol–water partition coefficient (Wildman–Crippen LogP) is 2.49. The predicted molar refractivity (Wildman–Crippen MR) is 70.3 cm³/mol. The summed E-state index contributed by atoms with van der Waals surface area (Å²) in [6.45, 7) is 3.05. The molecule has 1 aromatic carbocycles. The molecule has 0 unspecified atom stereocenters. The highest BCUT2D eigenvalue weighted by Crippen LogP contribution is 2.16. The second kappa shape index (κ2) is 6.17. The number of ketones is 1. The van der Waals surface area contributed by atoms with Crippen LogP contribution >= 0.6 is 15.9 Å². The number of rotatable bonds is 4. The summed E-state index contributed by atoms with van der Waals surface area (Å²) >= 11 is 3.38. The molecule has 0 radical (unpaired) electrons. The Morgan fingerprint density at radius 1 is 1.29 bits per heavy atom. The molecule has 0 spiro atoms. The van der Waals surface area contributed by atoms with Gasteiger partial charge in [0.1, 0.15) is 18.1 Å². The number of likely N-dealkylation sites (tertiary alicyclic amines) is 1. The van der Waals surface area contributed by atoms with Crippen LogP contribution in [-0.2, 0) is 4.79 Å². The van der Waals surface area contributed by atoms with Crippen LogP contribution in [-0.4, -0.2) is 36.9 Å². The molecule has 17 heavy (non-hydrogen) atoms. The van der Waals surface area contributed by atoms with Gasteiger partial charge in [-0.2, -0.15) is 0 Å². The lowest BCUT2D eigenvalue weighted by Crippen LogP contribution is -2.38. The number of Topliss-reactive ketones (excluding diaryl/α,β-unsaturated/α-hetero) is 1. The van der Waals surface area contributed by atoms with Crippen molar-refractivity contribution in [2.75, 3.05) is 26.2 Å². The molecule has 1 aromatic rings. The van der Waals surface area contributed by atoms with Gasteiger partial charge in [-0.1, -0.05) is 15.9 Å². The smallest absolute Gasteiger partial charge is 0.146 e. The molecule has 0 bridgehead atoms. The summed E-state index contributed by atoms with van der Waals surface area (Å²) in [7, 11) is 0. The van der Waals surface area contributed by atoms with E-state index in [-0.39, 0.29) is 0 Å². The topological polar surface area (TPSA) is 29.5 Å². The van der Waals surface area contributed by atoms with E-state index in [1.165, 1.54) is 0 Å². The highest BCUT2D eigenvalue weighted by molar-refractivity contribution is 9.10. The molecule has 1 aliphatic rings. The quantitative estimate of drug-likeness (QED) is 0.855. The Hall–Kier alpha value is -0.870. The zero-order valence-electron chi connectivity index (χ0n) is 9.69. The third-order valence-electron chi connectivity index (χ3n) is 2.82. The molecule has 2 rings (SSSR count). The van der Waals surface area contributed by atoms with Crippen LogP contribution in [0, 0.1) is 0 Å². The van der Waals surface area contributed by atoms with E-state index in [9.17, 15) is 4.79 Å². The van der Waals surface area contributed by atoms with Crippen LogP contribution in [0.5, 0.6) is 5.75 Å². The minimum atomic E-state index is 0.347. The van der Waals surface area contributed by atoms with Crippen molar-refractivity contribution >= 4 is 21.7 Å². The van der Waals surface area contributed by atoms with Crippen molar-refractivity contribution in [2.45, 2.75) is 12.8 Å². The van der Waals surface area contributed by atoms with Crippen LogP contribution in [0.2, 0.25) is 0 Å². The Balaban J connectivity index is 1.72. The van der Waals surface area contributed by atoms with Gasteiger partial charge in [0.15, 0.2) is 0 Å². The zero-order chi connectivity index (χ0) is 12.1.